The fourth-order valence-corrected chi connectivity index (χ4v) is 2.18. The molecule has 0 amide bonds. The van der Waals surface area contributed by atoms with E-state index >= 15 is 0 Å². The summed E-state index contributed by atoms with van der Waals surface area (Å²) in [6.45, 7) is 1.75. The van der Waals surface area contributed by atoms with E-state index < -0.39 is 10.8 Å². The zero-order valence-electron chi connectivity index (χ0n) is 9.14. The largest absolute Gasteiger partial charge is 0.711 e. The number of aromatic nitrogens is 2. The molecule has 1 heterocycles. The van der Waals surface area contributed by atoms with Gasteiger partial charge in [-0.2, -0.15) is 0 Å². The van der Waals surface area contributed by atoms with Crippen molar-refractivity contribution >= 4 is 21.7 Å². The van der Waals surface area contributed by atoms with Crippen LogP contribution >= 0.6 is 0 Å². The van der Waals surface area contributed by atoms with Crippen LogP contribution in [0.1, 0.15) is 11.5 Å². The monoisotopic (exact) mass is 236 g/mol. The number of nitrogens with zero attached hydrogens (tertiary/aromatic N) is 2. The Kier molecular flexibility index (Phi) is 2.87. The first-order chi connectivity index (χ1) is 7.59. The maximum Gasteiger partial charge on any atom is 0.314 e. The van der Waals surface area contributed by atoms with Crippen LogP contribution < -0.4 is 4.73 Å². The first kappa shape index (κ1) is 11.0. The van der Waals surface area contributed by atoms with Crippen molar-refractivity contribution in [3.8, 4) is 0 Å². The molecule has 1 atom stereocenters. The van der Waals surface area contributed by atoms with Crippen molar-refractivity contribution < 1.29 is 8.94 Å². The number of fused-ring (bicyclic) bond motifs is 1. The van der Waals surface area contributed by atoms with Gasteiger partial charge in [0.25, 0.3) is 0 Å². The summed E-state index contributed by atoms with van der Waals surface area (Å²) >= 11 is 0. The third-order valence-corrected chi connectivity index (χ3v) is 3.08. The van der Waals surface area contributed by atoms with Gasteiger partial charge in [-0.3, -0.25) is 4.21 Å². The lowest BCUT2D eigenvalue weighted by atomic mass is 10.2. The van der Waals surface area contributed by atoms with Crippen LogP contribution in [0.5, 0.6) is 0 Å². The first-order valence-electron chi connectivity index (χ1n) is 4.87. The SMILES string of the molecule is Cc1c2ccccc2nc(C[S@](C)=O)[n+]1[O-]. The predicted octanol–water partition coefficient (Wildman–Crippen LogP) is 1.06. The number of para-hydroxylation sites is 1. The molecule has 0 radical (unpaired) electrons. The lowest BCUT2D eigenvalue weighted by Crippen LogP contribution is -2.37. The second kappa shape index (κ2) is 4.17. The molecule has 5 heteroatoms. The van der Waals surface area contributed by atoms with E-state index in [4.69, 9.17) is 0 Å². The molecule has 1 aromatic carbocycles. The molecule has 0 saturated heterocycles. The number of rotatable bonds is 2. The van der Waals surface area contributed by atoms with E-state index in [1.807, 2.05) is 24.3 Å². The molecule has 0 saturated carbocycles. The molecule has 0 aliphatic heterocycles. The van der Waals surface area contributed by atoms with Crippen molar-refractivity contribution in [2.24, 2.45) is 0 Å². The van der Waals surface area contributed by atoms with Crippen LogP contribution in [0.4, 0.5) is 0 Å². The van der Waals surface area contributed by atoms with Crippen LogP contribution in [0.15, 0.2) is 24.3 Å². The van der Waals surface area contributed by atoms with Crippen LogP contribution in [0.25, 0.3) is 10.9 Å². The lowest BCUT2D eigenvalue weighted by molar-refractivity contribution is -0.621. The maximum absolute atomic E-state index is 11.8. The predicted molar refractivity (Wildman–Crippen MR) is 63.2 cm³/mol. The maximum atomic E-state index is 11.8. The number of benzene rings is 1. The zero-order valence-corrected chi connectivity index (χ0v) is 9.95. The number of hydrogen-bond donors (Lipinski definition) is 0. The number of hydrogen-bond acceptors (Lipinski definition) is 3. The Labute approximate surface area is 96.0 Å². The molecule has 4 nitrogen and oxygen atoms in total. The van der Waals surface area contributed by atoms with E-state index in [1.54, 1.807) is 13.2 Å². The highest BCUT2D eigenvalue weighted by Gasteiger charge is 2.15. The van der Waals surface area contributed by atoms with Gasteiger partial charge in [0, 0.05) is 17.1 Å². The van der Waals surface area contributed by atoms with Crippen LogP contribution in [0.2, 0.25) is 0 Å². The van der Waals surface area contributed by atoms with E-state index in [1.165, 1.54) is 0 Å². The summed E-state index contributed by atoms with van der Waals surface area (Å²) in [5.74, 6) is 0.506. The summed E-state index contributed by atoms with van der Waals surface area (Å²) in [4.78, 5) is 4.23. The third-order valence-electron chi connectivity index (χ3n) is 2.41. The van der Waals surface area contributed by atoms with E-state index in [2.05, 4.69) is 4.98 Å². The summed E-state index contributed by atoms with van der Waals surface area (Å²) in [7, 11) is -1.06. The second-order valence-electron chi connectivity index (χ2n) is 3.64. The van der Waals surface area contributed by atoms with Gasteiger partial charge in [-0.05, 0) is 24.0 Å². The summed E-state index contributed by atoms with van der Waals surface area (Å²) in [5, 5.41) is 12.7. The summed E-state index contributed by atoms with van der Waals surface area (Å²) in [5.41, 5.74) is 1.37. The highest BCUT2D eigenvalue weighted by molar-refractivity contribution is 7.83. The average Bonchev–Trinajstić information content (AvgIpc) is 2.25. The van der Waals surface area contributed by atoms with Crippen molar-refractivity contribution in [1.29, 1.82) is 0 Å². The highest BCUT2D eigenvalue weighted by atomic mass is 32.2. The minimum atomic E-state index is -1.06. The first-order valence-corrected chi connectivity index (χ1v) is 6.60. The van der Waals surface area contributed by atoms with Gasteiger partial charge in [0.2, 0.25) is 0 Å². The standard InChI is InChI=1S/C11H12N2O2S/c1-8-9-5-3-4-6-10(9)12-11(13(8)14)7-16(2)15/h3-6H,7H2,1-2H3/t16-/m0/s1. The van der Waals surface area contributed by atoms with Crippen molar-refractivity contribution in [2.45, 2.75) is 12.7 Å². The fraction of sp³-hybridized carbons (Fsp3) is 0.273. The molecule has 0 spiro atoms. The second-order valence-corrected chi connectivity index (χ2v) is 5.08. The molecule has 16 heavy (non-hydrogen) atoms. The van der Waals surface area contributed by atoms with Gasteiger partial charge in [0.1, 0.15) is 11.4 Å². The summed E-state index contributed by atoms with van der Waals surface area (Å²) < 4.78 is 11.9. The Hall–Kier alpha value is -1.49. The van der Waals surface area contributed by atoms with E-state index in [0.29, 0.717) is 11.5 Å². The molecule has 0 fully saturated rings. The van der Waals surface area contributed by atoms with Crippen LogP contribution in [-0.4, -0.2) is 15.4 Å². The Balaban J connectivity index is 2.68. The van der Waals surface area contributed by atoms with E-state index in [0.717, 1.165) is 15.6 Å². The minimum Gasteiger partial charge on any atom is -0.711 e. The number of aryl methyl sites for hydroxylation is 1. The summed E-state index contributed by atoms with van der Waals surface area (Å²) in [6.07, 6.45) is 1.56. The highest BCUT2D eigenvalue weighted by Crippen LogP contribution is 2.13. The van der Waals surface area contributed by atoms with Crippen LogP contribution in [-0.2, 0) is 16.6 Å². The smallest absolute Gasteiger partial charge is 0.314 e. The quantitative estimate of drug-likeness (QED) is 0.578. The fourth-order valence-electron chi connectivity index (χ4n) is 1.64. The molecule has 1 aromatic heterocycles. The van der Waals surface area contributed by atoms with Gasteiger partial charge in [0.05, 0.1) is 5.39 Å². The van der Waals surface area contributed by atoms with Gasteiger partial charge in [-0.25, -0.2) is 4.73 Å². The molecule has 0 unspecified atom stereocenters. The Bertz CT molecular complexity index is 569. The normalized spacial score (nSPS) is 12.9. The zero-order chi connectivity index (χ0) is 11.7. The van der Waals surface area contributed by atoms with Gasteiger partial charge in [-0.15, -0.1) is 0 Å². The molecular formula is C11H12N2O2S. The van der Waals surface area contributed by atoms with Gasteiger partial charge in [-0.1, -0.05) is 12.1 Å². The minimum absolute atomic E-state index is 0.190. The third kappa shape index (κ3) is 1.90. The lowest BCUT2D eigenvalue weighted by Gasteiger charge is -2.10. The van der Waals surface area contributed by atoms with Crippen molar-refractivity contribution in [3.63, 3.8) is 0 Å². The molecule has 0 aliphatic carbocycles. The molecule has 0 aliphatic rings. The van der Waals surface area contributed by atoms with Gasteiger partial charge in [0.15, 0.2) is 5.52 Å². The van der Waals surface area contributed by atoms with Crippen molar-refractivity contribution in [1.82, 2.24) is 4.98 Å². The van der Waals surface area contributed by atoms with Crippen LogP contribution in [0, 0.1) is 12.1 Å². The Morgan fingerprint density at radius 1 is 1.44 bits per heavy atom. The van der Waals surface area contributed by atoms with Crippen molar-refractivity contribution in [3.05, 3.63) is 41.0 Å². The van der Waals surface area contributed by atoms with Crippen molar-refractivity contribution in [2.75, 3.05) is 6.26 Å². The molecule has 2 aromatic rings. The topological polar surface area (TPSA) is 56.9 Å². The molecule has 0 bridgehead atoms. The molecule has 0 N–H and O–H groups in total. The Morgan fingerprint density at radius 3 is 2.81 bits per heavy atom. The molecule has 2 rings (SSSR count). The van der Waals surface area contributed by atoms with Gasteiger partial charge >= 0.3 is 5.82 Å². The average molecular weight is 236 g/mol. The van der Waals surface area contributed by atoms with E-state index in [9.17, 15) is 9.42 Å². The summed E-state index contributed by atoms with van der Waals surface area (Å²) in [6, 6.07) is 7.45. The Morgan fingerprint density at radius 2 is 2.12 bits per heavy atom. The van der Waals surface area contributed by atoms with Crippen LogP contribution in [0.3, 0.4) is 0 Å². The molecular weight excluding hydrogens is 224 g/mol. The van der Waals surface area contributed by atoms with Gasteiger partial charge < -0.3 is 5.21 Å². The van der Waals surface area contributed by atoms with E-state index in [-0.39, 0.29) is 5.75 Å². The molecule has 84 valence electrons.